The lowest BCUT2D eigenvalue weighted by Crippen LogP contribution is -2.42. The molecule has 2 atom stereocenters. The Hall–Kier alpha value is -3.52. The lowest BCUT2D eigenvalue weighted by molar-refractivity contribution is 0.403. The number of pyridine rings is 2. The van der Waals surface area contributed by atoms with Gasteiger partial charge in [-0.15, -0.1) is 0 Å². The third-order valence-electron chi connectivity index (χ3n) is 5.70. The topological polar surface area (TPSA) is 122 Å². The van der Waals surface area contributed by atoms with Crippen molar-refractivity contribution in [3.63, 3.8) is 0 Å². The Bertz CT molecular complexity index is 1260. The molecule has 0 amide bonds. The summed E-state index contributed by atoms with van der Waals surface area (Å²) in [6, 6.07) is 11.8. The van der Waals surface area contributed by atoms with Crippen LogP contribution in [0.15, 0.2) is 53.6 Å². The third-order valence-corrected chi connectivity index (χ3v) is 5.70. The molecule has 8 nitrogen and oxygen atoms in total. The molecule has 0 aliphatic heterocycles. The maximum absolute atomic E-state index is 12.6. The van der Waals surface area contributed by atoms with Crippen LogP contribution in [0, 0.1) is 0 Å². The van der Waals surface area contributed by atoms with E-state index in [1.807, 2.05) is 36.4 Å². The number of nitrogens with zero attached hydrogens (tertiary/aromatic N) is 3. The largest absolute Gasteiger partial charge is 0.366 e. The van der Waals surface area contributed by atoms with Crippen LogP contribution < -0.4 is 21.9 Å². The molecule has 1 aliphatic carbocycles. The Morgan fingerprint density at radius 2 is 2.03 bits per heavy atom. The Kier molecular flexibility index (Phi) is 4.76. The summed E-state index contributed by atoms with van der Waals surface area (Å²) in [6.45, 7) is 0. The van der Waals surface area contributed by atoms with Gasteiger partial charge in [0, 0.05) is 34.7 Å². The first kappa shape index (κ1) is 18.5. The molecule has 0 spiro atoms. The second-order valence-corrected chi connectivity index (χ2v) is 7.72. The zero-order valence-corrected chi connectivity index (χ0v) is 16.4. The molecule has 1 fully saturated rings. The van der Waals surface area contributed by atoms with Crippen LogP contribution in [0.1, 0.15) is 25.7 Å². The predicted molar refractivity (Wildman–Crippen MR) is 119 cm³/mol. The van der Waals surface area contributed by atoms with Gasteiger partial charge in [-0.25, -0.2) is 10.1 Å². The van der Waals surface area contributed by atoms with Gasteiger partial charge in [0.1, 0.15) is 11.6 Å². The maximum atomic E-state index is 12.6. The zero-order valence-electron chi connectivity index (χ0n) is 16.4. The molecule has 1 saturated carbocycles. The van der Waals surface area contributed by atoms with E-state index in [1.165, 1.54) is 0 Å². The number of hydrogen-bond donors (Lipinski definition) is 4. The molecule has 0 saturated heterocycles. The summed E-state index contributed by atoms with van der Waals surface area (Å²) in [5.74, 6) is 1.15. The van der Waals surface area contributed by atoms with Gasteiger partial charge in [0.2, 0.25) is 0 Å². The summed E-state index contributed by atoms with van der Waals surface area (Å²) in [7, 11) is 0. The monoisotopic (exact) mass is 401 g/mol. The van der Waals surface area contributed by atoms with Crippen molar-refractivity contribution >= 4 is 39.0 Å². The fourth-order valence-electron chi connectivity index (χ4n) is 4.15. The smallest absolute Gasteiger partial charge is 0.275 e. The van der Waals surface area contributed by atoms with Crippen molar-refractivity contribution in [3.8, 4) is 0 Å². The Morgan fingerprint density at radius 3 is 2.93 bits per heavy atom. The second kappa shape index (κ2) is 7.72. The lowest BCUT2D eigenvalue weighted by Gasteiger charge is -2.30. The number of nitrogens with two attached hydrogens (primary N) is 1. The Balaban J connectivity index is 1.60. The number of benzene rings is 1. The molecule has 5 rings (SSSR count). The highest BCUT2D eigenvalue weighted by atomic mass is 16.1. The van der Waals surface area contributed by atoms with Crippen molar-refractivity contribution in [2.75, 3.05) is 10.6 Å². The minimum absolute atomic E-state index is 0.0918. The van der Waals surface area contributed by atoms with Gasteiger partial charge >= 0.3 is 0 Å². The van der Waals surface area contributed by atoms with Gasteiger partial charge in [-0.1, -0.05) is 18.9 Å². The summed E-state index contributed by atoms with van der Waals surface area (Å²) in [5, 5.41) is 15.4. The van der Waals surface area contributed by atoms with Gasteiger partial charge in [-0.2, -0.15) is 5.10 Å². The molecule has 5 N–H and O–H groups in total. The summed E-state index contributed by atoms with van der Waals surface area (Å²) in [5.41, 5.74) is 7.71. The van der Waals surface area contributed by atoms with Crippen molar-refractivity contribution in [3.05, 3.63) is 59.1 Å². The minimum atomic E-state index is -0.290. The molecule has 3 heterocycles. The van der Waals surface area contributed by atoms with E-state index in [-0.39, 0.29) is 17.6 Å². The normalized spacial score (nSPS) is 19.1. The van der Waals surface area contributed by atoms with Crippen molar-refractivity contribution in [2.45, 2.75) is 37.8 Å². The van der Waals surface area contributed by atoms with Crippen LogP contribution in [0.4, 0.5) is 17.3 Å². The summed E-state index contributed by atoms with van der Waals surface area (Å²) >= 11 is 0. The number of fused-ring (bicyclic) bond motifs is 2. The Labute approximate surface area is 172 Å². The predicted octanol–water partition coefficient (Wildman–Crippen LogP) is 3.29. The van der Waals surface area contributed by atoms with Gasteiger partial charge < -0.3 is 16.4 Å². The average molecular weight is 401 g/mol. The maximum Gasteiger partial charge on any atom is 0.275 e. The van der Waals surface area contributed by atoms with E-state index in [9.17, 15) is 4.79 Å². The molecule has 152 valence electrons. The number of anilines is 3. The standard InChI is InChI=1S/C22H23N7O/c23-15-6-1-2-7-18(15)26-19-11-13-12-25-29-22(30)20(13)21(28-19)27-17-9-3-8-16-14(17)5-4-10-24-16/h3-5,8-12,15,18H,1-2,6-7,23H2,(H,29,30)(H2,26,27,28). The molecule has 1 aliphatic rings. The summed E-state index contributed by atoms with van der Waals surface area (Å²) < 4.78 is 0. The van der Waals surface area contributed by atoms with E-state index in [1.54, 1.807) is 12.4 Å². The second-order valence-electron chi connectivity index (χ2n) is 7.72. The van der Waals surface area contributed by atoms with E-state index < -0.39 is 0 Å². The van der Waals surface area contributed by atoms with Crippen LogP contribution in [-0.2, 0) is 0 Å². The Morgan fingerprint density at radius 1 is 1.13 bits per heavy atom. The van der Waals surface area contributed by atoms with Crippen LogP contribution in [0.25, 0.3) is 21.7 Å². The molecule has 8 heteroatoms. The number of rotatable bonds is 4. The molecule has 1 aromatic carbocycles. The van der Waals surface area contributed by atoms with Gasteiger partial charge in [0.25, 0.3) is 5.56 Å². The molecule has 2 unspecified atom stereocenters. The van der Waals surface area contributed by atoms with Gasteiger partial charge in [0.15, 0.2) is 0 Å². The lowest BCUT2D eigenvalue weighted by atomic mass is 9.91. The quantitative estimate of drug-likeness (QED) is 0.414. The van der Waals surface area contributed by atoms with Crippen LogP contribution in [0.5, 0.6) is 0 Å². The highest BCUT2D eigenvalue weighted by molar-refractivity contribution is 5.98. The molecule has 4 aromatic rings. The van der Waals surface area contributed by atoms with Gasteiger partial charge in [0.05, 0.1) is 17.1 Å². The van der Waals surface area contributed by atoms with Crippen molar-refractivity contribution in [1.29, 1.82) is 0 Å². The van der Waals surface area contributed by atoms with Crippen LogP contribution in [0.2, 0.25) is 0 Å². The first-order chi connectivity index (χ1) is 14.7. The fourth-order valence-corrected chi connectivity index (χ4v) is 4.15. The van der Waals surface area contributed by atoms with Crippen LogP contribution >= 0.6 is 0 Å². The number of aromatic nitrogens is 4. The van der Waals surface area contributed by atoms with Crippen LogP contribution in [0.3, 0.4) is 0 Å². The van der Waals surface area contributed by atoms with Crippen LogP contribution in [-0.4, -0.2) is 32.2 Å². The van der Waals surface area contributed by atoms with E-state index in [2.05, 4.69) is 25.8 Å². The SMILES string of the molecule is NC1CCCCC1Nc1cc2cn[nH]c(=O)c2c(Nc2cccc3ncccc23)n1. The van der Waals surface area contributed by atoms with Gasteiger partial charge in [-0.05, 0) is 43.2 Å². The molecule has 30 heavy (non-hydrogen) atoms. The third kappa shape index (κ3) is 3.46. The summed E-state index contributed by atoms with van der Waals surface area (Å²) in [6.07, 6.45) is 7.71. The highest BCUT2D eigenvalue weighted by Gasteiger charge is 2.22. The molecule has 0 radical (unpaired) electrons. The van der Waals surface area contributed by atoms with E-state index in [0.29, 0.717) is 22.4 Å². The highest BCUT2D eigenvalue weighted by Crippen LogP contribution is 2.29. The zero-order chi connectivity index (χ0) is 20.5. The summed E-state index contributed by atoms with van der Waals surface area (Å²) in [4.78, 5) is 21.7. The number of aromatic amines is 1. The number of nitrogens with one attached hydrogen (secondary N) is 3. The fraction of sp³-hybridized carbons (Fsp3) is 0.273. The molecular weight excluding hydrogens is 378 g/mol. The van der Waals surface area contributed by atoms with E-state index in [4.69, 9.17) is 10.7 Å². The number of H-pyrrole nitrogens is 1. The molecular formula is C22H23N7O. The van der Waals surface area contributed by atoms with Crippen molar-refractivity contribution in [2.24, 2.45) is 5.73 Å². The molecule has 0 bridgehead atoms. The minimum Gasteiger partial charge on any atom is -0.366 e. The van der Waals surface area contributed by atoms with Gasteiger partial charge in [-0.3, -0.25) is 9.78 Å². The first-order valence-electron chi connectivity index (χ1n) is 10.2. The average Bonchev–Trinajstić information content (AvgIpc) is 2.76. The first-order valence-corrected chi connectivity index (χ1v) is 10.2. The van der Waals surface area contributed by atoms with Crippen molar-refractivity contribution < 1.29 is 0 Å². The molecule has 3 aromatic heterocycles. The van der Waals surface area contributed by atoms with E-state index in [0.717, 1.165) is 42.3 Å². The number of hydrogen-bond acceptors (Lipinski definition) is 7. The van der Waals surface area contributed by atoms with Crippen molar-refractivity contribution in [1.82, 2.24) is 20.2 Å². The van der Waals surface area contributed by atoms with E-state index >= 15 is 0 Å².